The number of carbonyl (C=O) groups is 1. The molecule has 0 aliphatic heterocycles. The van der Waals surface area contributed by atoms with Gasteiger partial charge in [-0.1, -0.05) is 11.6 Å². The smallest absolute Gasteiger partial charge is 0.259 e. The van der Waals surface area contributed by atoms with Gasteiger partial charge in [-0.3, -0.25) is 15.6 Å². The van der Waals surface area contributed by atoms with Crippen LogP contribution in [0.25, 0.3) is 0 Å². The van der Waals surface area contributed by atoms with Crippen molar-refractivity contribution in [3.05, 3.63) is 50.7 Å². The van der Waals surface area contributed by atoms with Crippen LogP contribution in [0.2, 0.25) is 5.02 Å². The summed E-state index contributed by atoms with van der Waals surface area (Å²) in [6.45, 7) is 3.71. The van der Waals surface area contributed by atoms with E-state index in [-0.39, 0.29) is 5.91 Å². The minimum atomic E-state index is -0.323. The quantitative estimate of drug-likeness (QED) is 0.570. The number of halogens is 2. The van der Waals surface area contributed by atoms with E-state index in [0.717, 1.165) is 15.7 Å². The molecule has 0 bridgehead atoms. The first kappa shape index (κ1) is 15.8. The fourth-order valence-electron chi connectivity index (χ4n) is 1.79. The van der Waals surface area contributed by atoms with E-state index in [1.165, 1.54) is 6.20 Å². The maximum atomic E-state index is 12.3. The average Bonchev–Trinajstić information content (AvgIpc) is 2.44. The lowest BCUT2D eigenvalue weighted by atomic mass is 10.2. The van der Waals surface area contributed by atoms with Crippen LogP contribution < -0.4 is 16.6 Å². The fourth-order valence-corrected chi connectivity index (χ4v) is 2.51. The molecule has 0 radical (unpaired) electrons. The number of nitrogens with one attached hydrogen (secondary N) is 2. The number of aromatic nitrogens is 1. The van der Waals surface area contributed by atoms with Gasteiger partial charge >= 0.3 is 0 Å². The molecule has 1 amide bonds. The number of benzene rings is 1. The van der Waals surface area contributed by atoms with Gasteiger partial charge in [0.25, 0.3) is 5.91 Å². The predicted molar refractivity (Wildman–Crippen MR) is 88.6 cm³/mol. The van der Waals surface area contributed by atoms with Crippen LogP contribution in [0.4, 0.5) is 11.4 Å². The lowest BCUT2D eigenvalue weighted by Gasteiger charge is -2.12. The molecular weight excluding hydrogens is 356 g/mol. The number of hydrazine groups is 1. The van der Waals surface area contributed by atoms with E-state index in [0.29, 0.717) is 22.0 Å². The van der Waals surface area contributed by atoms with Crippen LogP contribution in [0.5, 0.6) is 0 Å². The second kappa shape index (κ2) is 6.43. The van der Waals surface area contributed by atoms with Crippen molar-refractivity contribution in [2.75, 3.05) is 10.7 Å². The van der Waals surface area contributed by atoms with E-state index in [1.807, 2.05) is 19.9 Å². The number of nitrogens with zero attached hydrogens (tertiary/aromatic N) is 1. The Bertz CT molecular complexity index is 706. The topological polar surface area (TPSA) is 80.0 Å². The number of aryl methyl sites for hydroxylation is 2. The molecule has 110 valence electrons. The minimum Gasteiger partial charge on any atom is -0.323 e. The van der Waals surface area contributed by atoms with Crippen molar-refractivity contribution < 1.29 is 4.79 Å². The second-order valence-electron chi connectivity index (χ2n) is 4.55. The Hall–Kier alpha value is -1.63. The molecule has 0 aliphatic rings. The normalized spacial score (nSPS) is 10.3. The maximum Gasteiger partial charge on any atom is 0.259 e. The molecule has 0 atom stereocenters. The molecule has 0 unspecified atom stereocenters. The molecule has 0 saturated carbocycles. The lowest BCUT2D eigenvalue weighted by Crippen LogP contribution is -2.18. The Morgan fingerprint density at radius 3 is 2.67 bits per heavy atom. The first-order chi connectivity index (χ1) is 9.92. The number of rotatable bonds is 3. The first-order valence-corrected chi connectivity index (χ1v) is 7.29. The standard InChI is InChI=1S/C14H14BrClN4O/c1-7-3-10(15)13(5-11(7)16)19-14(21)9-6-18-8(2)4-12(9)20-17/h3-6H,17H2,1-2H3,(H,18,20)(H,19,21). The van der Waals surface area contributed by atoms with E-state index < -0.39 is 0 Å². The summed E-state index contributed by atoms with van der Waals surface area (Å²) >= 11 is 9.48. The number of carbonyl (C=O) groups excluding carboxylic acids is 1. The van der Waals surface area contributed by atoms with Gasteiger partial charge in [-0.05, 0) is 53.5 Å². The summed E-state index contributed by atoms with van der Waals surface area (Å²) in [6, 6.07) is 5.23. The molecule has 5 nitrogen and oxygen atoms in total. The van der Waals surface area contributed by atoms with E-state index >= 15 is 0 Å². The van der Waals surface area contributed by atoms with E-state index in [4.69, 9.17) is 17.4 Å². The molecule has 7 heteroatoms. The first-order valence-electron chi connectivity index (χ1n) is 6.12. The van der Waals surface area contributed by atoms with E-state index in [1.54, 1.807) is 12.1 Å². The van der Waals surface area contributed by atoms with Crippen molar-refractivity contribution in [2.24, 2.45) is 5.84 Å². The van der Waals surface area contributed by atoms with Gasteiger partial charge in [0.1, 0.15) is 0 Å². The van der Waals surface area contributed by atoms with Crippen LogP contribution in [0.3, 0.4) is 0 Å². The van der Waals surface area contributed by atoms with Gasteiger partial charge in [0.05, 0.1) is 16.9 Å². The number of amides is 1. The third kappa shape index (κ3) is 3.53. The molecule has 1 aromatic heterocycles. The molecule has 0 aliphatic carbocycles. The molecular formula is C14H14BrClN4O. The van der Waals surface area contributed by atoms with Crippen LogP contribution in [-0.2, 0) is 0 Å². The highest BCUT2D eigenvalue weighted by Gasteiger charge is 2.14. The van der Waals surface area contributed by atoms with E-state index in [2.05, 4.69) is 31.7 Å². The molecule has 4 N–H and O–H groups in total. The summed E-state index contributed by atoms with van der Waals surface area (Å²) < 4.78 is 0.750. The second-order valence-corrected chi connectivity index (χ2v) is 5.81. The minimum absolute atomic E-state index is 0.323. The van der Waals surface area contributed by atoms with Crippen LogP contribution >= 0.6 is 27.5 Å². The number of hydrogen-bond acceptors (Lipinski definition) is 4. The fraction of sp³-hybridized carbons (Fsp3) is 0.143. The van der Waals surface area contributed by atoms with Gasteiger partial charge in [0.2, 0.25) is 0 Å². The van der Waals surface area contributed by atoms with Crippen LogP contribution in [0.15, 0.2) is 28.9 Å². The molecule has 21 heavy (non-hydrogen) atoms. The van der Waals surface area contributed by atoms with Gasteiger partial charge < -0.3 is 10.7 Å². The Kier molecular flexibility index (Phi) is 4.82. The average molecular weight is 370 g/mol. The van der Waals surface area contributed by atoms with Crippen molar-refractivity contribution in [1.29, 1.82) is 0 Å². The Labute approximate surface area is 136 Å². The molecule has 2 aromatic rings. The summed E-state index contributed by atoms with van der Waals surface area (Å²) in [6.07, 6.45) is 1.48. The van der Waals surface area contributed by atoms with Gasteiger partial charge in [-0.15, -0.1) is 0 Å². The molecule has 0 spiro atoms. The number of pyridine rings is 1. The van der Waals surface area contributed by atoms with Crippen molar-refractivity contribution in [2.45, 2.75) is 13.8 Å². The van der Waals surface area contributed by atoms with Crippen molar-refractivity contribution in [3.8, 4) is 0 Å². The van der Waals surface area contributed by atoms with Crippen LogP contribution in [0.1, 0.15) is 21.6 Å². The molecule has 1 aromatic carbocycles. The van der Waals surface area contributed by atoms with Crippen LogP contribution in [0, 0.1) is 13.8 Å². The largest absolute Gasteiger partial charge is 0.323 e. The highest BCUT2D eigenvalue weighted by molar-refractivity contribution is 9.10. The Balaban J connectivity index is 2.32. The molecule has 0 saturated heterocycles. The van der Waals surface area contributed by atoms with Crippen molar-refractivity contribution >= 4 is 44.8 Å². The summed E-state index contributed by atoms with van der Waals surface area (Å²) in [4.78, 5) is 16.5. The summed E-state index contributed by atoms with van der Waals surface area (Å²) in [7, 11) is 0. The summed E-state index contributed by atoms with van der Waals surface area (Å²) in [5.41, 5.74) is 5.63. The molecule has 1 heterocycles. The Morgan fingerprint density at radius 1 is 1.29 bits per heavy atom. The number of hydrogen-bond donors (Lipinski definition) is 3. The van der Waals surface area contributed by atoms with Crippen molar-refractivity contribution in [1.82, 2.24) is 4.98 Å². The Morgan fingerprint density at radius 2 is 2.00 bits per heavy atom. The monoisotopic (exact) mass is 368 g/mol. The third-order valence-corrected chi connectivity index (χ3v) is 4.00. The zero-order chi connectivity index (χ0) is 15.6. The lowest BCUT2D eigenvalue weighted by molar-refractivity contribution is 0.102. The number of anilines is 2. The molecule has 2 rings (SSSR count). The van der Waals surface area contributed by atoms with Gasteiger partial charge in [0, 0.05) is 21.4 Å². The van der Waals surface area contributed by atoms with Crippen LogP contribution in [-0.4, -0.2) is 10.9 Å². The summed E-state index contributed by atoms with van der Waals surface area (Å²) in [5, 5.41) is 3.36. The molecule has 0 fully saturated rings. The van der Waals surface area contributed by atoms with Gasteiger partial charge in [-0.25, -0.2) is 0 Å². The van der Waals surface area contributed by atoms with Gasteiger partial charge in [0.15, 0.2) is 0 Å². The SMILES string of the molecule is Cc1cc(NN)c(C(=O)Nc2cc(Cl)c(C)cc2Br)cn1. The number of nitrogen functional groups attached to an aromatic ring is 1. The highest BCUT2D eigenvalue weighted by Crippen LogP contribution is 2.30. The summed E-state index contributed by atoms with van der Waals surface area (Å²) in [5.74, 6) is 5.11. The predicted octanol–water partition coefficient (Wildman–Crippen LogP) is 3.65. The number of nitrogens with two attached hydrogens (primary N) is 1. The zero-order valence-corrected chi connectivity index (χ0v) is 13.8. The van der Waals surface area contributed by atoms with E-state index in [9.17, 15) is 4.79 Å². The van der Waals surface area contributed by atoms with Gasteiger partial charge in [-0.2, -0.15) is 0 Å². The zero-order valence-electron chi connectivity index (χ0n) is 11.5. The van der Waals surface area contributed by atoms with Crippen molar-refractivity contribution in [3.63, 3.8) is 0 Å². The highest BCUT2D eigenvalue weighted by atomic mass is 79.9. The third-order valence-electron chi connectivity index (χ3n) is 2.94. The maximum absolute atomic E-state index is 12.3.